The normalized spacial score (nSPS) is 13.2. The first-order chi connectivity index (χ1) is 12.2. The maximum absolute atomic E-state index is 12.4. The van der Waals surface area contributed by atoms with Crippen LogP contribution in [0.2, 0.25) is 0 Å². The average Bonchev–Trinajstić information content (AvgIpc) is 2.57. The molecular formula is C19H27N2O5-. The van der Waals surface area contributed by atoms with Crippen LogP contribution in [0, 0.1) is 11.8 Å². The number of hydrogen-bond acceptors (Lipinski definition) is 5. The van der Waals surface area contributed by atoms with Crippen molar-refractivity contribution in [2.45, 2.75) is 52.8 Å². The van der Waals surface area contributed by atoms with Gasteiger partial charge in [-0.3, -0.25) is 4.79 Å². The number of carboxylic acids is 1. The number of nitrogens with one attached hydrogen (secondary N) is 2. The predicted molar refractivity (Wildman–Crippen MR) is 94.8 cm³/mol. The monoisotopic (exact) mass is 363 g/mol. The van der Waals surface area contributed by atoms with Gasteiger partial charge in [0.2, 0.25) is 5.91 Å². The first-order valence-corrected chi connectivity index (χ1v) is 8.69. The van der Waals surface area contributed by atoms with Crippen LogP contribution in [0.25, 0.3) is 0 Å². The summed E-state index contributed by atoms with van der Waals surface area (Å²) < 4.78 is 5.13. The van der Waals surface area contributed by atoms with Crippen molar-refractivity contribution in [1.29, 1.82) is 0 Å². The minimum atomic E-state index is -1.36. The maximum atomic E-state index is 12.4. The summed E-state index contributed by atoms with van der Waals surface area (Å²) >= 11 is 0. The Bertz CT molecular complexity index is 601. The first kappa shape index (κ1) is 21.5. The molecule has 7 heteroatoms. The fraction of sp³-hybridized carbons (Fsp3) is 0.526. The standard InChI is InChI=1S/C19H28N2O5/c1-12(2)10-15(17(22)21-16(13(3)4)18(23)24)20-19(25)26-11-14-8-6-5-7-9-14/h5-9,12-13,15-16H,10-11H2,1-4H3,(H,20,25)(H,21,22)(H,23,24)/p-1/t15-,16+/m0/s1. The lowest BCUT2D eigenvalue weighted by Gasteiger charge is -2.27. The molecule has 2 atom stereocenters. The van der Waals surface area contributed by atoms with Crippen LogP contribution in [-0.4, -0.2) is 30.1 Å². The lowest BCUT2D eigenvalue weighted by molar-refractivity contribution is -0.309. The Labute approximate surface area is 154 Å². The third-order valence-corrected chi connectivity index (χ3v) is 3.75. The quantitative estimate of drug-likeness (QED) is 0.686. The van der Waals surface area contributed by atoms with Crippen LogP contribution in [0.3, 0.4) is 0 Å². The largest absolute Gasteiger partial charge is 0.548 e. The Morgan fingerprint density at radius 1 is 1.04 bits per heavy atom. The van der Waals surface area contributed by atoms with Crippen LogP contribution in [-0.2, 0) is 20.9 Å². The van der Waals surface area contributed by atoms with E-state index in [1.54, 1.807) is 13.8 Å². The molecule has 0 spiro atoms. The molecule has 1 rings (SSSR count). The zero-order valence-corrected chi connectivity index (χ0v) is 15.7. The van der Waals surface area contributed by atoms with Crippen LogP contribution < -0.4 is 15.7 Å². The smallest absolute Gasteiger partial charge is 0.408 e. The minimum Gasteiger partial charge on any atom is -0.548 e. The minimum absolute atomic E-state index is 0.0797. The summed E-state index contributed by atoms with van der Waals surface area (Å²) in [7, 11) is 0. The van der Waals surface area contributed by atoms with E-state index >= 15 is 0 Å². The first-order valence-electron chi connectivity index (χ1n) is 8.69. The molecule has 0 aliphatic carbocycles. The van der Waals surface area contributed by atoms with Gasteiger partial charge in [-0.15, -0.1) is 0 Å². The molecule has 0 radical (unpaired) electrons. The molecule has 0 unspecified atom stereocenters. The highest BCUT2D eigenvalue weighted by molar-refractivity contribution is 5.88. The number of benzene rings is 1. The molecule has 0 fully saturated rings. The van der Waals surface area contributed by atoms with Crippen molar-refractivity contribution in [3.8, 4) is 0 Å². The van der Waals surface area contributed by atoms with Crippen molar-refractivity contribution in [2.24, 2.45) is 11.8 Å². The van der Waals surface area contributed by atoms with Gasteiger partial charge < -0.3 is 25.3 Å². The summed E-state index contributed by atoms with van der Waals surface area (Å²) in [6.45, 7) is 7.21. The Morgan fingerprint density at radius 3 is 2.15 bits per heavy atom. The van der Waals surface area contributed by atoms with E-state index in [-0.39, 0.29) is 18.4 Å². The van der Waals surface area contributed by atoms with Crippen molar-refractivity contribution in [1.82, 2.24) is 10.6 Å². The van der Waals surface area contributed by atoms with Crippen molar-refractivity contribution in [3.05, 3.63) is 35.9 Å². The molecule has 0 bridgehead atoms. The van der Waals surface area contributed by atoms with Gasteiger partial charge in [-0.2, -0.15) is 0 Å². The van der Waals surface area contributed by atoms with Gasteiger partial charge in [-0.05, 0) is 23.8 Å². The van der Waals surface area contributed by atoms with Gasteiger partial charge in [0.05, 0.1) is 12.0 Å². The number of hydrogen-bond donors (Lipinski definition) is 2. The molecule has 1 aromatic rings. The third kappa shape index (κ3) is 7.55. The van der Waals surface area contributed by atoms with E-state index in [2.05, 4.69) is 10.6 Å². The van der Waals surface area contributed by atoms with Gasteiger partial charge in [0.1, 0.15) is 12.6 Å². The van der Waals surface area contributed by atoms with E-state index in [9.17, 15) is 19.5 Å². The van der Waals surface area contributed by atoms with E-state index in [1.165, 1.54) is 0 Å². The Balaban J connectivity index is 2.68. The fourth-order valence-electron chi connectivity index (χ4n) is 2.36. The summed E-state index contributed by atoms with van der Waals surface area (Å²) in [5.41, 5.74) is 0.823. The summed E-state index contributed by atoms with van der Waals surface area (Å²) in [4.78, 5) is 35.6. The van der Waals surface area contributed by atoms with Crippen LogP contribution in [0.1, 0.15) is 39.7 Å². The van der Waals surface area contributed by atoms with Crippen molar-refractivity contribution < 1.29 is 24.2 Å². The molecule has 7 nitrogen and oxygen atoms in total. The Kier molecular flexibility index (Phi) is 8.61. The van der Waals surface area contributed by atoms with Gasteiger partial charge in [0.25, 0.3) is 0 Å². The number of rotatable bonds is 9. The molecule has 26 heavy (non-hydrogen) atoms. The van der Waals surface area contributed by atoms with E-state index in [1.807, 2.05) is 44.2 Å². The van der Waals surface area contributed by atoms with Crippen LogP contribution in [0.15, 0.2) is 30.3 Å². The zero-order valence-electron chi connectivity index (χ0n) is 15.7. The number of amides is 2. The summed E-state index contributed by atoms with van der Waals surface area (Å²) in [6.07, 6.45) is -0.381. The van der Waals surface area contributed by atoms with Crippen molar-refractivity contribution in [3.63, 3.8) is 0 Å². The van der Waals surface area contributed by atoms with Gasteiger partial charge in [-0.25, -0.2) is 4.79 Å². The van der Waals surface area contributed by atoms with Gasteiger partial charge in [0, 0.05) is 0 Å². The Hall–Kier alpha value is -2.57. The van der Waals surface area contributed by atoms with Gasteiger partial charge >= 0.3 is 6.09 Å². The second-order valence-corrected chi connectivity index (χ2v) is 6.94. The highest BCUT2D eigenvalue weighted by Gasteiger charge is 2.26. The van der Waals surface area contributed by atoms with E-state index in [0.717, 1.165) is 5.56 Å². The van der Waals surface area contributed by atoms with Crippen molar-refractivity contribution in [2.75, 3.05) is 0 Å². The van der Waals surface area contributed by atoms with Gasteiger partial charge in [-0.1, -0.05) is 58.0 Å². The summed E-state index contributed by atoms with van der Waals surface area (Å²) in [5, 5.41) is 16.1. The van der Waals surface area contributed by atoms with Crippen molar-refractivity contribution >= 4 is 18.0 Å². The maximum Gasteiger partial charge on any atom is 0.408 e. The molecule has 0 saturated carbocycles. The molecule has 0 heterocycles. The second-order valence-electron chi connectivity index (χ2n) is 6.94. The Morgan fingerprint density at radius 2 is 1.65 bits per heavy atom. The number of aliphatic carboxylic acids is 1. The molecule has 2 amide bonds. The molecule has 2 N–H and O–H groups in total. The lowest BCUT2D eigenvalue weighted by Crippen LogP contribution is -2.56. The number of carbonyl (C=O) groups is 3. The molecular weight excluding hydrogens is 336 g/mol. The molecule has 0 aliphatic heterocycles. The van der Waals surface area contributed by atoms with E-state index < -0.39 is 30.1 Å². The SMILES string of the molecule is CC(C)C[C@H](NC(=O)OCc1ccccc1)C(=O)N[C@@H](C(=O)[O-])C(C)C. The van der Waals surface area contributed by atoms with E-state index in [4.69, 9.17) is 4.74 Å². The number of alkyl carbamates (subject to hydrolysis) is 1. The van der Waals surface area contributed by atoms with E-state index in [0.29, 0.717) is 6.42 Å². The number of ether oxygens (including phenoxy) is 1. The fourth-order valence-corrected chi connectivity index (χ4v) is 2.36. The molecule has 144 valence electrons. The van der Waals surface area contributed by atoms with Crippen LogP contribution in [0.5, 0.6) is 0 Å². The highest BCUT2D eigenvalue weighted by Crippen LogP contribution is 2.08. The number of carbonyl (C=O) groups excluding carboxylic acids is 3. The van der Waals surface area contributed by atoms with Crippen LogP contribution in [0.4, 0.5) is 4.79 Å². The molecule has 0 aliphatic rings. The summed E-state index contributed by atoms with van der Waals surface area (Å²) in [5.74, 6) is -2.16. The molecule has 0 aromatic heterocycles. The summed E-state index contributed by atoms with van der Waals surface area (Å²) in [6, 6.07) is 7.14. The van der Waals surface area contributed by atoms with Gasteiger partial charge in [0.15, 0.2) is 0 Å². The topological polar surface area (TPSA) is 108 Å². The molecule has 0 saturated heterocycles. The average molecular weight is 363 g/mol. The number of carboxylic acid groups (broad SMARTS) is 1. The zero-order chi connectivity index (χ0) is 19.7. The second kappa shape index (κ2) is 10.4. The third-order valence-electron chi connectivity index (χ3n) is 3.75. The predicted octanol–water partition coefficient (Wildman–Crippen LogP) is 1.22. The lowest BCUT2D eigenvalue weighted by atomic mass is 10.0. The molecule has 1 aromatic carbocycles. The van der Waals surface area contributed by atoms with Crippen LogP contribution >= 0.6 is 0 Å². The highest BCUT2D eigenvalue weighted by atomic mass is 16.5.